The number of hydrogen-bond donors (Lipinski definition) is 1. The first-order valence-electron chi connectivity index (χ1n) is 8.95. The molecule has 1 aliphatic rings. The number of rotatable bonds is 6. The molecule has 0 bridgehead atoms. The van der Waals surface area contributed by atoms with Crippen LogP contribution in [0.4, 0.5) is 0 Å². The molecule has 3 rings (SSSR count). The number of nitrogens with zero attached hydrogens (tertiary/aromatic N) is 4. The van der Waals surface area contributed by atoms with E-state index in [4.69, 9.17) is 4.74 Å². The van der Waals surface area contributed by atoms with Crippen molar-refractivity contribution in [1.82, 2.24) is 25.5 Å². The number of esters is 1. The zero-order chi connectivity index (χ0) is 18.4. The third kappa shape index (κ3) is 4.65. The number of hydrogen-bond acceptors (Lipinski definition) is 6. The number of tetrazole rings is 1. The van der Waals surface area contributed by atoms with Gasteiger partial charge in [0.25, 0.3) is 5.91 Å². The molecule has 0 saturated heterocycles. The summed E-state index contributed by atoms with van der Waals surface area (Å²) in [5, 5.41) is 13.8. The van der Waals surface area contributed by atoms with Gasteiger partial charge in [0.2, 0.25) is 0 Å². The van der Waals surface area contributed by atoms with Crippen molar-refractivity contribution in [2.75, 3.05) is 6.54 Å². The fourth-order valence-electron chi connectivity index (χ4n) is 3.12. The van der Waals surface area contributed by atoms with Gasteiger partial charge in [-0.25, -0.2) is 9.48 Å². The Morgan fingerprint density at radius 1 is 1.31 bits per heavy atom. The zero-order valence-electron chi connectivity index (χ0n) is 14.8. The number of aromatic nitrogens is 4. The van der Waals surface area contributed by atoms with Crippen molar-refractivity contribution in [3.8, 4) is 5.69 Å². The van der Waals surface area contributed by atoms with Gasteiger partial charge in [-0.15, -0.1) is 5.10 Å². The highest BCUT2D eigenvalue weighted by atomic mass is 16.5. The van der Waals surface area contributed by atoms with E-state index in [0.717, 1.165) is 12.8 Å². The van der Waals surface area contributed by atoms with Crippen LogP contribution in [0.5, 0.6) is 0 Å². The van der Waals surface area contributed by atoms with Gasteiger partial charge in [0, 0.05) is 6.54 Å². The lowest BCUT2D eigenvalue weighted by atomic mass is 9.89. The van der Waals surface area contributed by atoms with Crippen molar-refractivity contribution >= 4 is 11.9 Å². The third-order valence-corrected chi connectivity index (χ3v) is 4.64. The van der Waals surface area contributed by atoms with E-state index in [9.17, 15) is 9.59 Å². The van der Waals surface area contributed by atoms with Gasteiger partial charge in [-0.3, -0.25) is 4.79 Å². The van der Waals surface area contributed by atoms with Gasteiger partial charge in [0.05, 0.1) is 11.3 Å². The van der Waals surface area contributed by atoms with E-state index >= 15 is 0 Å². The van der Waals surface area contributed by atoms with Gasteiger partial charge in [-0.1, -0.05) is 25.3 Å². The van der Waals surface area contributed by atoms with Crippen LogP contribution < -0.4 is 5.32 Å². The van der Waals surface area contributed by atoms with Crippen LogP contribution in [0.25, 0.3) is 5.69 Å². The molecular formula is C18H23N5O3. The lowest BCUT2D eigenvalue weighted by Crippen LogP contribution is -2.38. The van der Waals surface area contributed by atoms with E-state index in [2.05, 4.69) is 20.8 Å². The summed E-state index contributed by atoms with van der Waals surface area (Å²) in [6.07, 6.45) is 6.62. The predicted octanol–water partition coefficient (Wildman–Crippen LogP) is 1.90. The second kappa shape index (κ2) is 8.55. The normalized spacial score (nSPS) is 16.0. The molecule has 8 nitrogen and oxygen atoms in total. The molecule has 1 unspecified atom stereocenters. The molecule has 1 amide bonds. The van der Waals surface area contributed by atoms with Crippen molar-refractivity contribution < 1.29 is 14.3 Å². The molecule has 1 aromatic carbocycles. The summed E-state index contributed by atoms with van der Waals surface area (Å²) in [6.45, 7) is 2.23. The van der Waals surface area contributed by atoms with Gasteiger partial charge < -0.3 is 10.1 Å². The number of carbonyl (C=O) groups excluding carboxylic acids is 2. The Balaban J connectivity index is 1.53. The molecular weight excluding hydrogens is 334 g/mol. The number of amides is 1. The van der Waals surface area contributed by atoms with E-state index in [-0.39, 0.29) is 5.91 Å². The largest absolute Gasteiger partial charge is 0.449 e. The van der Waals surface area contributed by atoms with Gasteiger partial charge >= 0.3 is 5.97 Å². The fraction of sp³-hybridized carbons (Fsp3) is 0.500. The van der Waals surface area contributed by atoms with Gasteiger partial charge in [0.15, 0.2) is 6.10 Å². The quantitative estimate of drug-likeness (QED) is 0.793. The number of carbonyl (C=O) groups is 2. The minimum absolute atomic E-state index is 0.263. The second-order valence-electron chi connectivity index (χ2n) is 6.60. The van der Waals surface area contributed by atoms with Crippen LogP contribution in [0.2, 0.25) is 0 Å². The molecule has 1 aromatic heterocycles. The SMILES string of the molecule is CC(OC(=O)c1cccc(-n2cnnn2)c1)C(=O)NCC1CCCCC1. The van der Waals surface area contributed by atoms with Crippen molar-refractivity contribution in [2.45, 2.75) is 45.1 Å². The minimum Gasteiger partial charge on any atom is -0.449 e. The van der Waals surface area contributed by atoms with E-state index in [0.29, 0.717) is 23.7 Å². The molecule has 0 spiro atoms. The van der Waals surface area contributed by atoms with E-state index in [1.807, 2.05) is 0 Å². The van der Waals surface area contributed by atoms with Gasteiger partial charge in [-0.2, -0.15) is 0 Å². The monoisotopic (exact) mass is 357 g/mol. The molecule has 138 valence electrons. The molecule has 1 heterocycles. The molecule has 0 radical (unpaired) electrons. The van der Waals surface area contributed by atoms with Crippen LogP contribution in [0.1, 0.15) is 49.4 Å². The Kier molecular flexibility index (Phi) is 5.93. The van der Waals surface area contributed by atoms with E-state index < -0.39 is 12.1 Å². The zero-order valence-corrected chi connectivity index (χ0v) is 14.8. The summed E-state index contributed by atoms with van der Waals surface area (Å²) in [7, 11) is 0. The van der Waals surface area contributed by atoms with Crippen molar-refractivity contribution in [1.29, 1.82) is 0 Å². The molecule has 1 aliphatic carbocycles. The maximum Gasteiger partial charge on any atom is 0.338 e. The first kappa shape index (κ1) is 18.0. The summed E-state index contributed by atoms with van der Waals surface area (Å²) in [5.74, 6) is -0.288. The molecule has 1 fully saturated rings. The molecule has 8 heteroatoms. The molecule has 1 N–H and O–H groups in total. The first-order valence-corrected chi connectivity index (χ1v) is 8.95. The van der Waals surface area contributed by atoms with Crippen molar-refractivity contribution in [2.24, 2.45) is 5.92 Å². The average Bonchev–Trinajstić information content (AvgIpc) is 3.22. The Morgan fingerprint density at radius 2 is 2.12 bits per heavy atom. The number of ether oxygens (including phenoxy) is 1. The van der Waals surface area contributed by atoms with Crippen LogP contribution in [-0.4, -0.2) is 44.7 Å². The van der Waals surface area contributed by atoms with Crippen LogP contribution in [0, 0.1) is 5.92 Å². The van der Waals surface area contributed by atoms with Crippen molar-refractivity contribution in [3.63, 3.8) is 0 Å². The van der Waals surface area contributed by atoms with Crippen LogP contribution >= 0.6 is 0 Å². The summed E-state index contributed by atoms with van der Waals surface area (Å²) in [5.41, 5.74) is 0.976. The maximum absolute atomic E-state index is 12.3. The molecule has 1 atom stereocenters. The fourth-order valence-corrected chi connectivity index (χ4v) is 3.12. The lowest BCUT2D eigenvalue weighted by Gasteiger charge is -2.22. The molecule has 2 aromatic rings. The van der Waals surface area contributed by atoms with Crippen LogP contribution in [-0.2, 0) is 9.53 Å². The van der Waals surface area contributed by atoms with Gasteiger partial charge in [-0.05, 0) is 54.3 Å². The van der Waals surface area contributed by atoms with Crippen molar-refractivity contribution in [3.05, 3.63) is 36.2 Å². The smallest absolute Gasteiger partial charge is 0.338 e. The highest BCUT2D eigenvalue weighted by Crippen LogP contribution is 2.22. The molecule has 26 heavy (non-hydrogen) atoms. The first-order chi connectivity index (χ1) is 12.6. The van der Waals surface area contributed by atoms with E-state index in [1.54, 1.807) is 31.2 Å². The summed E-state index contributed by atoms with van der Waals surface area (Å²) >= 11 is 0. The van der Waals surface area contributed by atoms with Crippen LogP contribution in [0.15, 0.2) is 30.6 Å². The Hall–Kier alpha value is -2.77. The maximum atomic E-state index is 12.3. The molecule has 1 saturated carbocycles. The second-order valence-corrected chi connectivity index (χ2v) is 6.60. The summed E-state index contributed by atoms with van der Waals surface area (Å²) in [6, 6.07) is 6.73. The average molecular weight is 357 g/mol. The predicted molar refractivity (Wildman–Crippen MR) is 93.6 cm³/mol. The standard InChI is InChI=1S/C18H23N5O3/c1-13(17(24)19-11-14-6-3-2-4-7-14)26-18(25)15-8-5-9-16(10-15)23-12-20-21-22-23/h5,8-10,12-14H,2-4,6-7,11H2,1H3,(H,19,24). The Labute approximate surface area is 151 Å². The Bertz CT molecular complexity index is 741. The van der Waals surface area contributed by atoms with Crippen LogP contribution in [0.3, 0.4) is 0 Å². The Morgan fingerprint density at radius 3 is 2.85 bits per heavy atom. The third-order valence-electron chi connectivity index (χ3n) is 4.64. The number of benzene rings is 1. The highest BCUT2D eigenvalue weighted by Gasteiger charge is 2.21. The summed E-state index contributed by atoms with van der Waals surface area (Å²) in [4.78, 5) is 24.5. The summed E-state index contributed by atoms with van der Waals surface area (Å²) < 4.78 is 6.74. The highest BCUT2D eigenvalue weighted by molar-refractivity contribution is 5.92. The molecule has 0 aliphatic heterocycles. The minimum atomic E-state index is -0.845. The van der Waals surface area contributed by atoms with E-state index in [1.165, 1.54) is 30.3 Å². The number of nitrogens with one attached hydrogen (secondary N) is 1. The lowest BCUT2D eigenvalue weighted by molar-refractivity contribution is -0.129. The van der Waals surface area contributed by atoms with Gasteiger partial charge in [0.1, 0.15) is 6.33 Å². The topological polar surface area (TPSA) is 99.0 Å².